The standard InChI is InChI=1S/C24H34N6O2/c1-5-24(3,4)30-22(26-27-28-30)21(29-13-9-7-8-10-14-29)19-16-17-15-18(32-6-2)11-12-20(17)25-23(19)31/h11-12,15-16,21H,5-10,13-14H2,1-4H3,(H,25,31)/t21-/m1/s1. The summed E-state index contributed by atoms with van der Waals surface area (Å²) in [5.74, 6) is 1.52. The zero-order chi connectivity index (χ0) is 22.7. The summed E-state index contributed by atoms with van der Waals surface area (Å²) in [5, 5.41) is 13.8. The van der Waals surface area contributed by atoms with Crippen LogP contribution in [0.5, 0.6) is 5.75 Å². The van der Waals surface area contributed by atoms with Crippen molar-refractivity contribution >= 4 is 10.9 Å². The number of H-pyrrole nitrogens is 1. The number of nitrogens with zero attached hydrogens (tertiary/aromatic N) is 5. The summed E-state index contributed by atoms with van der Waals surface area (Å²) >= 11 is 0. The molecule has 0 amide bonds. The Morgan fingerprint density at radius 2 is 1.88 bits per heavy atom. The third-order valence-electron chi connectivity index (χ3n) is 6.63. The number of aromatic nitrogens is 5. The van der Waals surface area contributed by atoms with Crippen molar-refractivity contribution in [3.63, 3.8) is 0 Å². The summed E-state index contributed by atoms with van der Waals surface area (Å²) in [5.41, 5.74) is 1.12. The topological polar surface area (TPSA) is 88.9 Å². The van der Waals surface area contributed by atoms with Gasteiger partial charge in [0.05, 0.1) is 12.1 Å². The molecule has 1 aliphatic rings. The van der Waals surface area contributed by atoms with Crippen molar-refractivity contribution < 1.29 is 4.74 Å². The van der Waals surface area contributed by atoms with Crippen LogP contribution in [0.1, 0.15) is 77.2 Å². The highest BCUT2D eigenvalue weighted by atomic mass is 16.5. The summed E-state index contributed by atoms with van der Waals surface area (Å²) in [6.07, 6.45) is 5.51. The fourth-order valence-corrected chi connectivity index (χ4v) is 4.46. The zero-order valence-corrected chi connectivity index (χ0v) is 19.6. The van der Waals surface area contributed by atoms with Crippen LogP contribution in [0.15, 0.2) is 29.1 Å². The highest BCUT2D eigenvalue weighted by Crippen LogP contribution is 2.32. The van der Waals surface area contributed by atoms with Crippen LogP contribution in [0.2, 0.25) is 0 Å². The van der Waals surface area contributed by atoms with Crippen LogP contribution in [-0.2, 0) is 5.54 Å². The summed E-state index contributed by atoms with van der Waals surface area (Å²) in [6, 6.07) is 7.45. The number of benzene rings is 1. The molecule has 32 heavy (non-hydrogen) atoms. The molecule has 2 aromatic heterocycles. The van der Waals surface area contributed by atoms with Crippen molar-refractivity contribution in [2.24, 2.45) is 0 Å². The van der Waals surface area contributed by atoms with Gasteiger partial charge >= 0.3 is 0 Å². The van der Waals surface area contributed by atoms with E-state index in [-0.39, 0.29) is 17.1 Å². The van der Waals surface area contributed by atoms with E-state index in [0.717, 1.165) is 54.8 Å². The van der Waals surface area contributed by atoms with Crippen LogP contribution in [0, 0.1) is 0 Å². The molecule has 8 nitrogen and oxygen atoms in total. The maximum atomic E-state index is 13.3. The first-order valence-corrected chi connectivity index (χ1v) is 11.8. The Hall–Kier alpha value is -2.74. The van der Waals surface area contributed by atoms with Gasteiger partial charge in [0.1, 0.15) is 11.8 Å². The van der Waals surface area contributed by atoms with Gasteiger partial charge in [0, 0.05) is 16.5 Å². The van der Waals surface area contributed by atoms with Crippen molar-refractivity contribution in [3.8, 4) is 5.75 Å². The molecular weight excluding hydrogens is 404 g/mol. The molecule has 3 aromatic rings. The minimum absolute atomic E-state index is 0.0974. The normalized spacial score (nSPS) is 16.8. The number of rotatable bonds is 7. The predicted octanol–water partition coefficient (Wildman–Crippen LogP) is 4.02. The third-order valence-corrected chi connectivity index (χ3v) is 6.63. The second-order valence-electron chi connectivity index (χ2n) is 9.20. The minimum Gasteiger partial charge on any atom is -0.494 e. The van der Waals surface area contributed by atoms with Gasteiger partial charge in [0.25, 0.3) is 5.56 Å². The van der Waals surface area contributed by atoms with Gasteiger partial charge in [0.15, 0.2) is 5.82 Å². The molecule has 0 unspecified atom stereocenters. The Morgan fingerprint density at radius 1 is 1.12 bits per heavy atom. The van der Waals surface area contributed by atoms with E-state index in [0.29, 0.717) is 12.2 Å². The molecule has 0 spiro atoms. The molecule has 0 saturated carbocycles. The fraction of sp³-hybridized carbons (Fsp3) is 0.583. The number of likely N-dealkylation sites (tertiary alicyclic amines) is 1. The van der Waals surface area contributed by atoms with Crippen LogP contribution in [0.4, 0.5) is 0 Å². The van der Waals surface area contributed by atoms with E-state index in [4.69, 9.17) is 4.74 Å². The lowest BCUT2D eigenvalue weighted by Crippen LogP contribution is -2.38. The van der Waals surface area contributed by atoms with E-state index in [9.17, 15) is 4.79 Å². The smallest absolute Gasteiger partial charge is 0.253 e. The molecule has 8 heteroatoms. The first-order valence-electron chi connectivity index (χ1n) is 11.8. The van der Waals surface area contributed by atoms with Gasteiger partial charge in [-0.15, -0.1) is 5.10 Å². The molecule has 1 saturated heterocycles. The van der Waals surface area contributed by atoms with Crippen molar-refractivity contribution in [1.82, 2.24) is 30.1 Å². The van der Waals surface area contributed by atoms with Crippen molar-refractivity contribution in [2.75, 3.05) is 19.7 Å². The first kappa shape index (κ1) is 22.5. The maximum absolute atomic E-state index is 13.3. The number of ether oxygens (including phenoxy) is 1. The first-order chi connectivity index (χ1) is 15.4. The number of tetrazole rings is 1. The molecule has 1 fully saturated rings. The lowest BCUT2D eigenvalue weighted by Gasteiger charge is -2.32. The van der Waals surface area contributed by atoms with Gasteiger partial charge in [-0.1, -0.05) is 19.8 Å². The second-order valence-corrected chi connectivity index (χ2v) is 9.20. The number of hydrogen-bond acceptors (Lipinski definition) is 6. The summed E-state index contributed by atoms with van der Waals surface area (Å²) in [7, 11) is 0. The van der Waals surface area contributed by atoms with Gasteiger partial charge in [-0.25, -0.2) is 4.68 Å². The second kappa shape index (κ2) is 9.40. The summed E-state index contributed by atoms with van der Waals surface area (Å²) in [6.45, 7) is 10.8. The SMILES string of the molecule is CCOc1ccc2[nH]c(=O)c([C@H](c3nnnn3C(C)(C)CC)N3CCCCCC3)cc2c1. The summed E-state index contributed by atoms with van der Waals surface area (Å²) < 4.78 is 7.59. The monoisotopic (exact) mass is 438 g/mol. The highest BCUT2D eigenvalue weighted by Gasteiger charge is 2.34. The fourth-order valence-electron chi connectivity index (χ4n) is 4.46. The number of pyridine rings is 1. The van der Waals surface area contributed by atoms with E-state index in [1.807, 2.05) is 35.9 Å². The van der Waals surface area contributed by atoms with E-state index in [2.05, 4.69) is 46.2 Å². The number of fused-ring (bicyclic) bond motifs is 1. The molecule has 4 rings (SSSR count). The molecule has 1 N–H and O–H groups in total. The lowest BCUT2D eigenvalue weighted by atomic mass is 9.99. The van der Waals surface area contributed by atoms with E-state index >= 15 is 0 Å². The molecule has 0 bridgehead atoms. The average Bonchev–Trinajstić information content (AvgIpc) is 3.12. The van der Waals surface area contributed by atoms with Gasteiger partial charge < -0.3 is 9.72 Å². The molecule has 172 valence electrons. The van der Waals surface area contributed by atoms with Crippen LogP contribution in [-0.4, -0.2) is 49.8 Å². The number of nitrogens with one attached hydrogen (secondary N) is 1. The van der Waals surface area contributed by atoms with Crippen molar-refractivity contribution in [2.45, 2.75) is 71.4 Å². The van der Waals surface area contributed by atoms with E-state index in [1.165, 1.54) is 12.8 Å². The van der Waals surface area contributed by atoms with E-state index in [1.54, 1.807) is 0 Å². The number of aromatic amines is 1. The molecule has 1 aliphatic heterocycles. The Balaban J connectivity index is 1.89. The zero-order valence-electron chi connectivity index (χ0n) is 19.6. The quantitative estimate of drug-likeness (QED) is 0.599. The van der Waals surface area contributed by atoms with Gasteiger partial charge in [-0.05, 0) is 87.8 Å². The average molecular weight is 439 g/mol. The molecule has 0 radical (unpaired) electrons. The molecular formula is C24H34N6O2. The Labute approximate surface area is 189 Å². The van der Waals surface area contributed by atoms with Gasteiger partial charge in [-0.3, -0.25) is 9.69 Å². The maximum Gasteiger partial charge on any atom is 0.253 e. The molecule has 0 aliphatic carbocycles. The Morgan fingerprint density at radius 3 is 2.56 bits per heavy atom. The number of hydrogen-bond donors (Lipinski definition) is 1. The van der Waals surface area contributed by atoms with Gasteiger partial charge in [0.2, 0.25) is 0 Å². The third kappa shape index (κ3) is 4.41. The van der Waals surface area contributed by atoms with Crippen LogP contribution in [0.25, 0.3) is 10.9 Å². The highest BCUT2D eigenvalue weighted by molar-refractivity contribution is 5.80. The van der Waals surface area contributed by atoms with E-state index < -0.39 is 0 Å². The van der Waals surface area contributed by atoms with Crippen LogP contribution in [0.3, 0.4) is 0 Å². The minimum atomic E-state index is -0.308. The lowest BCUT2D eigenvalue weighted by molar-refractivity contribution is 0.202. The van der Waals surface area contributed by atoms with Crippen molar-refractivity contribution in [1.29, 1.82) is 0 Å². The van der Waals surface area contributed by atoms with Crippen molar-refractivity contribution in [3.05, 3.63) is 46.0 Å². The molecule has 3 heterocycles. The van der Waals surface area contributed by atoms with Crippen LogP contribution < -0.4 is 10.3 Å². The van der Waals surface area contributed by atoms with Gasteiger partial charge in [-0.2, -0.15) is 0 Å². The predicted molar refractivity (Wildman–Crippen MR) is 125 cm³/mol. The Bertz CT molecular complexity index is 1110. The van der Waals surface area contributed by atoms with Crippen LogP contribution >= 0.6 is 0 Å². The largest absolute Gasteiger partial charge is 0.494 e. The molecule has 1 atom stereocenters. The summed E-state index contributed by atoms with van der Waals surface area (Å²) in [4.78, 5) is 18.8. The molecule has 1 aromatic carbocycles. The Kier molecular flexibility index (Phi) is 6.60.